The van der Waals surface area contributed by atoms with Crippen molar-refractivity contribution in [2.45, 2.75) is 6.10 Å². The van der Waals surface area contributed by atoms with Crippen LogP contribution >= 0.6 is 0 Å². The van der Waals surface area contributed by atoms with E-state index in [0.29, 0.717) is 35.5 Å². The number of ether oxygens (including phenoxy) is 4. The highest BCUT2D eigenvalue weighted by Gasteiger charge is 2.26. The van der Waals surface area contributed by atoms with Gasteiger partial charge >= 0.3 is 0 Å². The minimum absolute atomic E-state index is 0.333. The first-order valence-corrected chi connectivity index (χ1v) is 9.09. The molecule has 1 unspecified atom stereocenters. The van der Waals surface area contributed by atoms with E-state index in [1.54, 1.807) is 24.9 Å². The first kappa shape index (κ1) is 17.3. The fourth-order valence-corrected chi connectivity index (χ4v) is 3.31. The maximum Gasteiger partial charge on any atom is 0.253 e. The molecule has 0 bridgehead atoms. The highest BCUT2D eigenvalue weighted by atomic mass is 16.6. The molecule has 2 aromatic heterocycles. The second-order valence-corrected chi connectivity index (χ2v) is 6.45. The van der Waals surface area contributed by atoms with Crippen molar-refractivity contribution in [3.8, 4) is 34.3 Å². The molecular formula is C21H18N4O4. The van der Waals surface area contributed by atoms with Gasteiger partial charge in [-0.25, -0.2) is 4.98 Å². The van der Waals surface area contributed by atoms with Crippen molar-refractivity contribution in [2.24, 2.45) is 0 Å². The van der Waals surface area contributed by atoms with Gasteiger partial charge in [0.15, 0.2) is 34.9 Å². The molecule has 0 aliphatic carbocycles. The Morgan fingerprint density at radius 3 is 2.66 bits per heavy atom. The van der Waals surface area contributed by atoms with Gasteiger partial charge in [-0.05, 0) is 36.4 Å². The van der Waals surface area contributed by atoms with Crippen LogP contribution in [0.15, 0.2) is 54.7 Å². The Labute approximate surface area is 166 Å². The van der Waals surface area contributed by atoms with Crippen molar-refractivity contribution in [1.82, 2.24) is 19.6 Å². The minimum atomic E-state index is -0.412. The predicted molar refractivity (Wildman–Crippen MR) is 105 cm³/mol. The number of benzene rings is 2. The fourth-order valence-electron chi connectivity index (χ4n) is 3.31. The van der Waals surface area contributed by atoms with Gasteiger partial charge in [0.2, 0.25) is 0 Å². The van der Waals surface area contributed by atoms with E-state index in [0.717, 1.165) is 17.0 Å². The lowest BCUT2D eigenvalue weighted by Crippen LogP contribution is -2.22. The molecule has 0 fully saturated rings. The molecule has 8 heteroatoms. The van der Waals surface area contributed by atoms with Gasteiger partial charge in [0, 0.05) is 11.8 Å². The summed E-state index contributed by atoms with van der Waals surface area (Å²) in [6, 6.07) is 15.1. The summed E-state index contributed by atoms with van der Waals surface area (Å²) in [5.74, 6) is 3.69. The summed E-state index contributed by atoms with van der Waals surface area (Å²) in [6.07, 6.45) is 1.29. The molecule has 0 amide bonds. The van der Waals surface area contributed by atoms with Crippen LogP contribution in [0.1, 0.15) is 11.9 Å². The van der Waals surface area contributed by atoms with Gasteiger partial charge in [-0.15, -0.1) is 5.10 Å². The Morgan fingerprint density at radius 2 is 1.83 bits per heavy atom. The van der Waals surface area contributed by atoms with Gasteiger partial charge in [0.1, 0.15) is 6.61 Å². The molecule has 4 aromatic rings. The van der Waals surface area contributed by atoms with Crippen LogP contribution in [0.3, 0.4) is 0 Å². The van der Waals surface area contributed by atoms with Gasteiger partial charge in [-0.1, -0.05) is 12.1 Å². The Kier molecular flexibility index (Phi) is 4.16. The van der Waals surface area contributed by atoms with E-state index < -0.39 is 6.10 Å². The molecule has 3 heterocycles. The molecule has 0 radical (unpaired) electrons. The lowest BCUT2D eigenvalue weighted by Gasteiger charge is -2.24. The van der Waals surface area contributed by atoms with Crippen molar-refractivity contribution in [2.75, 3.05) is 20.8 Å². The zero-order valence-corrected chi connectivity index (χ0v) is 15.9. The molecule has 0 spiro atoms. The number of fused-ring (bicyclic) bond motifs is 2. The van der Waals surface area contributed by atoms with Gasteiger partial charge in [0.25, 0.3) is 5.78 Å². The lowest BCUT2D eigenvalue weighted by molar-refractivity contribution is 0.0852. The summed E-state index contributed by atoms with van der Waals surface area (Å²) in [5, 5.41) is 4.65. The Morgan fingerprint density at radius 1 is 1.00 bits per heavy atom. The average Bonchev–Trinajstić information content (AvgIpc) is 3.22. The Hall–Kier alpha value is -3.81. The van der Waals surface area contributed by atoms with Crippen molar-refractivity contribution >= 4 is 5.78 Å². The van der Waals surface area contributed by atoms with Gasteiger partial charge in [-0.3, -0.25) is 0 Å². The van der Waals surface area contributed by atoms with Crippen LogP contribution in [0.5, 0.6) is 23.0 Å². The monoisotopic (exact) mass is 390 g/mol. The van der Waals surface area contributed by atoms with Gasteiger partial charge < -0.3 is 18.9 Å². The van der Waals surface area contributed by atoms with Gasteiger partial charge in [0.05, 0.1) is 19.9 Å². The van der Waals surface area contributed by atoms with Crippen LogP contribution in [0, 0.1) is 0 Å². The van der Waals surface area contributed by atoms with Crippen LogP contribution in [0.25, 0.3) is 17.0 Å². The number of rotatable bonds is 4. The predicted octanol–water partition coefficient (Wildman–Crippen LogP) is 3.32. The lowest BCUT2D eigenvalue weighted by atomic mass is 10.1. The quantitative estimate of drug-likeness (QED) is 0.529. The molecule has 5 rings (SSSR count). The number of para-hydroxylation sites is 2. The molecule has 0 saturated carbocycles. The summed E-state index contributed by atoms with van der Waals surface area (Å²) >= 11 is 0. The van der Waals surface area contributed by atoms with Crippen molar-refractivity contribution in [3.05, 3.63) is 60.6 Å². The molecule has 29 heavy (non-hydrogen) atoms. The zero-order chi connectivity index (χ0) is 19.8. The number of aromatic nitrogens is 4. The molecule has 1 aliphatic rings. The first-order valence-electron chi connectivity index (χ1n) is 9.09. The minimum Gasteiger partial charge on any atom is -0.493 e. The van der Waals surface area contributed by atoms with E-state index in [1.165, 1.54) is 0 Å². The van der Waals surface area contributed by atoms with Crippen LogP contribution < -0.4 is 18.9 Å². The molecule has 146 valence electrons. The Balaban J connectivity index is 1.54. The topological polar surface area (TPSA) is 80.0 Å². The molecule has 1 atom stereocenters. The third-order valence-corrected chi connectivity index (χ3v) is 4.73. The number of hydrogen-bond donors (Lipinski definition) is 0. The summed E-state index contributed by atoms with van der Waals surface area (Å²) in [4.78, 5) is 8.89. The highest BCUT2D eigenvalue weighted by Crippen LogP contribution is 2.36. The molecule has 8 nitrogen and oxygen atoms in total. The molecule has 1 aliphatic heterocycles. The van der Waals surface area contributed by atoms with E-state index in [9.17, 15) is 0 Å². The van der Waals surface area contributed by atoms with E-state index in [2.05, 4.69) is 15.1 Å². The standard InChI is InChI=1S/C21H18N4O4/c1-26-15-8-7-13(11-18(15)27-2)14-9-10-22-21-23-20(24-25(14)21)19-12-28-16-5-3-4-6-17(16)29-19/h3-11,19H,12H2,1-2H3. The zero-order valence-electron chi connectivity index (χ0n) is 15.9. The SMILES string of the molecule is COc1ccc(-c2ccnc3nc(C4COc5ccccc5O4)nn23)cc1OC. The number of nitrogens with zero attached hydrogens (tertiary/aromatic N) is 4. The van der Waals surface area contributed by atoms with E-state index in [4.69, 9.17) is 18.9 Å². The summed E-state index contributed by atoms with van der Waals surface area (Å²) < 4.78 is 24.3. The fraction of sp³-hybridized carbons (Fsp3) is 0.190. The average molecular weight is 390 g/mol. The largest absolute Gasteiger partial charge is 0.493 e. The van der Waals surface area contributed by atoms with Crippen LogP contribution in [0.4, 0.5) is 0 Å². The van der Waals surface area contributed by atoms with E-state index in [1.807, 2.05) is 48.5 Å². The summed E-state index contributed by atoms with van der Waals surface area (Å²) in [7, 11) is 3.21. The van der Waals surface area contributed by atoms with Crippen molar-refractivity contribution in [1.29, 1.82) is 0 Å². The molecular weight excluding hydrogens is 372 g/mol. The second-order valence-electron chi connectivity index (χ2n) is 6.45. The summed E-state index contributed by atoms with van der Waals surface area (Å²) in [5.41, 5.74) is 1.73. The smallest absolute Gasteiger partial charge is 0.253 e. The van der Waals surface area contributed by atoms with Crippen molar-refractivity contribution in [3.63, 3.8) is 0 Å². The highest BCUT2D eigenvalue weighted by molar-refractivity contribution is 5.65. The van der Waals surface area contributed by atoms with Crippen LogP contribution in [-0.2, 0) is 0 Å². The van der Waals surface area contributed by atoms with E-state index >= 15 is 0 Å². The van der Waals surface area contributed by atoms with Crippen LogP contribution in [-0.4, -0.2) is 40.4 Å². The van der Waals surface area contributed by atoms with E-state index in [-0.39, 0.29) is 0 Å². The molecule has 0 saturated heterocycles. The number of methoxy groups -OCH3 is 2. The first-order chi connectivity index (χ1) is 14.3. The second kappa shape index (κ2) is 6.97. The molecule has 2 aromatic carbocycles. The third kappa shape index (κ3) is 2.98. The Bertz CT molecular complexity index is 1190. The van der Waals surface area contributed by atoms with Crippen LogP contribution in [0.2, 0.25) is 0 Å². The normalized spacial score (nSPS) is 15.3. The van der Waals surface area contributed by atoms with Gasteiger partial charge in [-0.2, -0.15) is 9.50 Å². The van der Waals surface area contributed by atoms with Crippen molar-refractivity contribution < 1.29 is 18.9 Å². The molecule has 0 N–H and O–H groups in total. The maximum absolute atomic E-state index is 6.03. The maximum atomic E-state index is 6.03. The number of hydrogen-bond acceptors (Lipinski definition) is 7. The third-order valence-electron chi connectivity index (χ3n) is 4.73. The summed E-state index contributed by atoms with van der Waals surface area (Å²) in [6.45, 7) is 0.333.